The summed E-state index contributed by atoms with van der Waals surface area (Å²) in [5.74, 6) is 1.32. The summed E-state index contributed by atoms with van der Waals surface area (Å²) in [7, 11) is -0.366. The lowest BCUT2D eigenvalue weighted by atomic mass is 10.1. The number of aryl methyl sites for hydroxylation is 1. The molecule has 1 aromatic carbocycles. The van der Waals surface area contributed by atoms with Crippen molar-refractivity contribution in [3.63, 3.8) is 0 Å². The van der Waals surface area contributed by atoms with Gasteiger partial charge in [0.15, 0.2) is 0 Å². The minimum atomic E-state index is -3.50. The fourth-order valence-corrected chi connectivity index (χ4v) is 3.96. The van der Waals surface area contributed by atoms with Gasteiger partial charge in [0.1, 0.15) is 15.7 Å². The van der Waals surface area contributed by atoms with E-state index in [0.29, 0.717) is 15.7 Å². The number of nitrogens with one attached hydrogen (secondary N) is 1. The van der Waals surface area contributed by atoms with Crippen LogP contribution in [0.5, 0.6) is 11.5 Å². The van der Waals surface area contributed by atoms with Gasteiger partial charge in [0, 0.05) is 12.1 Å². The van der Waals surface area contributed by atoms with Gasteiger partial charge in [-0.25, -0.2) is 13.1 Å². The van der Waals surface area contributed by atoms with E-state index >= 15 is 0 Å². The first-order valence-electron chi connectivity index (χ1n) is 6.22. The van der Waals surface area contributed by atoms with Gasteiger partial charge < -0.3 is 9.47 Å². The molecule has 0 saturated carbocycles. The van der Waals surface area contributed by atoms with Crippen molar-refractivity contribution in [1.82, 2.24) is 4.72 Å². The Morgan fingerprint density at radius 3 is 2.48 bits per heavy atom. The maximum atomic E-state index is 12.1. The summed E-state index contributed by atoms with van der Waals surface area (Å²) in [6.45, 7) is 2.04. The molecule has 1 N–H and O–H groups in total. The van der Waals surface area contributed by atoms with Crippen LogP contribution in [0.25, 0.3) is 0 Å². The third kappa shape index (κ3) is 3.55. The predicted molar refractivity (Wildman–Crippen MR) is 82.6 cm³/mol. The van der Waals surface area contributed by atoms with Crippen molar-refractivity contribution in [2.24, 2.45) is 0 Å². The van der Waals surface area contributed by atoms with Crippen molar-refractivity contribution in [2.45, 2.75) is 17.7 Å². The molecule has 0 amide bonds. The monoisotopic (exact) mass is 327 g/mol. The first-order valence-corrected chi connectivity index (χ1v) is 8.59. The summed E-state index contributed by atoms with van der Waals surface area (Å²) >= 11 is 1.18. The Bertz CT molecular complexity index is 709. The largest absolute Gasteiger partial charge is 0.496 e. The molecule has 114 valence electrons. The molecule has 7 heteroatoms. The summed E-state index contributed by atoms with van der Waals surface area (Å²) in [4.78, 5) is 0. The number of hydrogen-bond donors (Lipinski definition) is 1. The third-order valence-electron chi connectivity index (χ3n) is 3.01. The molecule has 2 aromatic rings. The lowest BCUT2D eigenvalue weighted by Crippen LogP contribution is -2.22. The Labute approximate surface area is 128 Å². The van der Waals surface area contributed by atoms with E-state index in [2.05, 4.69) is 4.72 Å². The van der Waals surface area contributed by atoms with Crippen LogP contribution in [0.15, 0.2) is 33.9 Å². The van der Waals surface area contributed by atoms with Gasteiger partial charge in [0.2, 0.25) is 10.0 Å². The Kier molecular flexibility index (Phi) is 4.87. The van der Waals surface area contributed by atoms with Crippen LogP contribution >= 0.6 is 11.3 Å². The van der Waals surface area contributed by atoms with Crippen LogP contribution in [0.1, 0.15) is 11.1 Å². The van der Waals surface area contributed by atoms with Gasteiger partial charge in [0.05, 0.1) is 14.2 Å². The van der Waals surface area contributed by atoms with E-state index in [0.717, 1.165) is 11.1 Å². The highest BCUT2D eigenvalue weighted by Crippen LogP contribution is 2.28. The minimum absolute atomic E-state index is 0.139. The van der Waals surface area contributed by atoms with Gasteiger partial charge in [-0.05, 0) is 36.1 Å². The Balaban J connectivity index is 2.24. The average molecular weight is 327 g/mol. The van der Waals surface area contributed by atoms with Gasteiger partial charge >= 0.3 is 0 Å². The van der Waals surface area contributed by atoms with Crippen LogP contribution in [-0.2, 0) is 16.6 Å². The van der Waals surface area contributed by atoms with Crippen molar-refractivity contribution in [2.75, 3.05) is 14.2 Å². The molecular weight excluding hydrogens is 310 g/mol. The first-order chi connectivity index (χ1) is 9.97. The third-order valence-corrected chi connectivity index (χ3v) is 5.81. The lowest BCUT2D eigenvalue weighted by molar-refractivity contribution is 0.396. The standard InChI is InChI=1S/C14H17NO4S2/c1-10-7-13(19-3)11(8-12(10)18-2)9-15-21(16,17)14-5-4-6-20-14/h4-8,15H,9H2,1-3H3. The van der Waals surface area contributed by atoms with Gasteiger partial charge in [-0.15, -0.1) is 11.3 Å². The Hall–Kier alpha value is -1.57. The molecule has 0 spiro atoms. The van der Waals surface area contributed by atoms with Gasteiger partial charge in [0.25, 0.3) is 0 Å². The quantitative estimate of drug-likeness (QED) is 0.885. The molecule has 0 aliphatic carbocycles. The number of rotatable bonds is 6. The maximum Gasteiger partial charge on any atom is 0.250 e. The van der Waals surface area contributed by atoms with Gasteiger partial charge in [-0.3, -0.25) is 0 Å². The van der Waals surface area contributed by atoms with E-state index < -0.39 is 10.0 Å². The zero-order valence-corrected chi connectivity index (χ0v) is 13.7. The molecular formula is C14H17NO4S2. The smallest absolute Gasteiger partial charge is 0.250 e. The topological polar surface area (TPSA) is 64.6 Å². The summed E-state index contributed by atoms with van der Waals surface area (Å²) in [5.41, 5.74) is 1.65. The van der Waals surface area contributed by atoms with Crippen molar-refractivity contribution < 1.29 is 17.9 Å². The van der Waals surface area contributed by atoms with Crippen LogP contribution in [0, 0.1) is 6.92 Å². The SMILES string of the molecule is COc1cc(CNS(=O)(=O)c2cccs2)c(OC)cc1C. The summed E-state index contributed by atoms with van der Waals surface area (Å²) < 4.78 is 37.6. The predicted octanol–water partition coefficient (Wildman–Crippen LogP) is 2.55. The van der Waals surface area contributed by atoms with Crippen LogP contribution in [0.3, 0.4) is 0 Å². The Morgan fingerprint density at radius 1 is 1.19 bits per heavy atom. The highest BCUT2D eigenvalue weighted by Gasteiger charge is 2.16. The fourth-order valence-electron chi connectivity index (χ4n) is 1.91. The molecule has 0 aliphatic heterocycles. The van der Waals surface area contributed by atoms with E-state index in [9.17, 15) is 8.42 Å². The normalized spacial score (nSPS) is 11.4. The molecule has 0 bridgehead atoms. The average Bonchev–Trinajstić information content (AvgIpc) is 3.00. The zero-order chi connectivity index (χ0) is 15.5. The second-order valence-electron chi connectivity index (χ2n) is 4.39. The number of sulfonamides is 1. The van der Waals surface area contributed by atoms with Crippen LogP contribution in [0.4, 0.5) is 0 Å². The van der Waals surface area contributed by atoms with Crippen molar-refractivity contribution in [1.29, 1.82) is 0 Å². The van der Waals surface area contributed by atoms with Gasteiger partial charge in [-0.2, -0.15) is 0 Å². The summed E-state index contributed by atoms with van der Waals surface area (Å²) in [6, 6.07) is 6.88. The molecule has 1 heterocycles. The van der Waals surface area contributed by atoms with Crippen LogP contribution in [0.2, 0.25) is 0 Å². The Morgan fingerprint density at radius 2 is 1.90 bits per heavy atom. The van der Waals surface area contributed by atoms with E-state index in [4.69, 9.17) is 9.47 Å². The zero-order valence-electron chi connectivity index (χ0n) is 12.0. The highest BCUT2D eigenvalue weighted by atomic mass is 32.2. The molecule has 21 heavy (non-hydrogen) atoms. The molecule has 0 unspecified atom stereocenters. The van der Waals surface area contributed by atoms with E-state index in [1.807, 2.05) is 13.0 Å². The second kappa shape index (κ2) is 6.46. The summed E-state index contributed by atoms with van der Waals surface area (Å²) in [5, 5.41) is 1.73. The fraction of sp³-hybridized carbons (Fsp3) is 0.286. The van der Waals surface area contributed by atoms with Crippen molar-refractivity contribution >= 4 is 21.4 Å². The van der Waals surface area contributed by atoms with Crippen LogP contribution < -0.4 is 14.2 Å². The van der Waals surface area contributed by atoms with Gasteiger partial charge in [-0.1, -0.05) is 6.07 Å². The molecule has 0 radical (unpaired) electrons. The van der Waals surface area contributed by atoms with Crippen molar-refractivity contribution in [3.8, 4) is 11.5 Å². The lowest BCUT2D eigenvalue weighted by Gasteiger charge is -2.13. The number of methoxy groups -OCH3 is 2. The second-order valence-corrected chi connectivity index (χ2v) is 7.33. The molecule has 0 atom stereocenters. The van der Waals surface area contributed by atoms with E-state index in [1.54, 1.807) is 37.8 Å². The minimum Gasteiger partial charge on any atom is -0.496 e. The molecule has 0 saturated heterocycles. The first kappa shape index (κ1) is 15.8. The number of ether oxygens (including phenoxy) is 2. The highest BCUT2D eigenvalue weighted by molar-refractivity contribution is 7.91. The van der Waals surface area contributed by atoms with E-state index in [1.165, 1.54) is 11.3 Å². The number of benzene rings is 1. The molecule has 2 rings (SSSR count). The molecule has 0 fully saturated rings. The number of thiophene rings is 1. The van der Waals surface area contributed by atoms with Crippen LogP contribution in [-0.4, -0.2) is 22.6 Å². The maximum absolute atomic E-state index is 12.1. The molecule has 0 aliphatic rings. The van der Waals surface area contributed by atoms with Crippen molar-refractivity contribution in [3.05, 3.63) is 40.8 Å². The van der Waals surface area contributed by atoms with E-state index in [-0.39, 0.29) is 6.54 Å². The molecule has 1 aromatic heterocycles. The summed E-state index contributed by atoms with van der Waals surface area (Å²) in [6.07, 6.45) is 0. The number of hydrogen-bond acceptors (Lipinski definition) is 5. The molecule has 5 nitrogen and oxygen atoms in total.